The fraction of sp³-hybridized carbons (Fsp3) is 0.308. The van der Waals surface area contributed by atoms with E-state index in [4.69, 9.17) is 4.74 Å². The first-order valence-corrected chi connectivity index (χ1v) is 7.02. The Hall–Kier alpha value is -1.86. The number of esters is 1. The first kappa shape index (κ1) is 14.5. The molecule has 1 aromatic carbocycles. The summed E-state index contributed by atoms with van der Waals surface area (Å²) in [6, 6.07) is 9.49. The van der Waals surface area contributed by atoms with Crippen molar-refractivity contribution in [2.75, 3.05) is 19.9 Å². The maximum Gasteiger partial charge on any atom is 0.331 e. The minimum absolute atomic E-state index is 0.335. The number of aromatic nitrogens is 3. The van der Waals surface area contributed by atoms with Gasteiger partial charge in [0, 0.05) is 5.75 Å². The molecule has 6 nitrogen and oxygen atoms in total. The molecule has 0 saturated heterocycles. The fourth-order valence-electron chi connectivity index (χ4n) is 1.92. The van der Waals surface area contributed by atoms with Crippen LogP contribution in [0.4, 0.5) is 0 Å². The summed E-state index contributed by atoms with van der Waals surface area (Å²) in [7, 11) is 3.13. The normalized spacial score (nSPS) is 13.7. The Balaban J connectivity index is 2.30. The smallest absolute Gasteiger partial charge is 0.331 e. The van der Waals surface area contributed by atoms with Crippen LogP contribution in [0.3, 0.4) is 0 Å². The van der Waals surface area contributed by atoms with Gasteiger partial charge >= 0.3 is 5.97 Å². The van der Waals surface area contributed by atoms with Gasteiger partial charge in [0.05, 0.1) is 7.11 Å². The second-order valence-corrected chi connectivity index (χ2v) is 5.06. The second kappa shape index (κ2) is 6.53. The van der Waals surface area contributed by atoms with Gasteiger partial charge in [-0.1, -0.05) is 42.1 Å². The van der Waals surface area contributed by atoms with Gasteiger partial charge in [-0.3, -0.25) is 5.10 Å². The number of carbonyl (C=O) groups excluding carboxylic acids is 1. The topological polar surface area (TPSA) is 79.9 Å². The Morgan fingerprint density at radius 1 is 1.45 bits per heavy atom. The minimum Gasteiger partial charge on any atom is -0.467 e. The Morgan fingerprint density at radius 3 is 2.75 bits per heavy atom. The van der Waals surface area contributed by atoms with Crippen molar-refractivity contribution in [3.63, 3.8) is 0 Å². The third-order valence-corrected chi connectivity index (χ3v) is 4.09. The zero-order valence-electron chi connectivity index (χ0n) is 11.3. The molecular weight excluding hydrogens is 276 g/mol. The van der Waals surface area contributed by atoms with E-state index in [1.54, 1.807) is 7.05 Å². The molecule has 0 bridgehead atoms. The van der Waals surface area contributed by atoms with Crippen molar-refractivity contribution in [1.29, 1.82) is 0 Å². The molecule has 1 atom stereocenters. The van der Waals surface area contributed by atoms with Crippen LogP contribution in [0.15, 0.2) is 41.8 Å². The van der Waals surface area contributed by atoms with Gasteiger partial charge in [-0.15, -0.1) is 0 Å². The average molecular weight is 292 g/mol. The molecule has 1 aromatic heterocycles. The van der Waals surface area contributed by atoms with Gasteiger partial charge in [-0.25, -0.2) is 9.78 Å². The summed E-state index contributed by atoms with van der Waals surface area (Å²) in [5.41, 5.74) is -0.0747. The molecule has 0 radical (unpaired) electrons. The number of ether oxygens (including phenoxy) is 1. The van der Waals surface area contributed by atoms with Gasteiger partial charge in [0.1, 0.15) is 6.33 Å². The van der Waals surface area contributed by atoms with E-state index in [-0.39, 0.29) is 5.97 Å². The summed E-state index contributed by atoms with van der Waals surface area (Å²) in [5.74, 6) is 0.105. The lowest BCUT2D eigenvalue weighted by Crippen LogP contribution is -2.50. The molecule has 106 valence electrons. The van der Waals surface area contributed by atoms with E-state index >= 15 is 0 Å². The van der Waals surface area contributed by atoms with E-state index in [0.717, 1.165) is 5.56 Å². The van der Waals surface area contributed by atoms with Crippen molar-refractivity contribution in [2.24, 2.45) is 0 Å². The van der Waals surface area contributed by atoms with Crippen LogP contribution in [0.2, 0.25) is 0 Å². The summed E-state index contributed by atoms with van der Waals surface area (Å²) in [5, 5.41) is 10.3. The van der Waals surface area contributed by atoms with E-state index in [1.165, 1.54) is 25.2 Å². The summed E-state index contributed by atoms with van der Waals surface area (Å²) >= 11 is 1.40. The minimum atomic E-state index is -0.923. The average Bonchev–Trinajstić information content (AvgIpc) is 3.02. The zero-order valence-corrected chi connectivity index (χ0v) is 12.1. The number of hydrogen-bond donors (Lipinski definition) is 2. The number of nitrogens with zero attached hydrogens (tertiary/aromatic N) is 2. The number of carbonyl (C=O) groups is 1. The predicted octanol–water partition coefficient (Wildman–Crippen LogP) is 1.18. The van der Waals surface area contributed by atoms with E-state index in [1.807, 2.05) is 30.3 Å². The van der Waals surface area contributed by atoms with Crippen LogP contribution in [-0.2, 0) is 15.1 Å². The van der Waals surface area contributed by atoms with E-state index < -0.39 is 5.54 Å². The Kier molecular flexibility index (Phi) is 4.75. The van der Waals surface area contributed by atoms with Crippen LogP contribution in [0.1, 0.15) is 5.56 Å². The lowest BCUT2D eigenvalue weighted by Gasteiger charge is -2.30. The number of likely N-dealkylation sites (N-methyl/N-ethyl adjacent to an activating group) is 1. The summed E-state index contributed by atoms with van der Waals surface area (Å²) in [6.45, 7) is 0. The molecule has 20 heavy (non-hydrogen) atoms. The van der Waals surface area contributed by atoms with Gasteiger partial charge in [0.15, 0.2) is 10.7 Å². The molecule has 0 amide bonds. The highest BCUT2D eigenvalue weighted by molar-refractivity contribution is 7.99. The van der Waals surface area contributed by atoms with Gasteiger partial charge in [-0.2, -0.15) is 5.10 Å². The number of hydrogen-bond acceptors (Lipinski definition) is 6. The highest BCUT2D eigenvalue weighted by Gasteiger charge is 2.40. The summed E-state index contributed by atoms with van der Waals surface area (Å²) in [4.78, 5) is 16.3. The van der Waals surface area contributed by atoms with Crippen LogP contribution in [-0.4, -0.2) is 41.1 Å². The number of thioether (sulfide) groups is 1. The quantitative estimate of drug-likeness (QED) is 0.615. The van der Waals surface area contributed by atoms with Crippen molar-refractivity contribution < 1.29 is 9.53 Å². The molecule has 0 aliphatic carbocycles. The highest BCUT2D eigenvalue weighted by Crippen LogP contribution is 2.29. The van der Waals surface area contributed by atoms with Gasteiger partial charge in [0.25, 0.3) is 0 Å². The SMILES string of the molecule is CNC(CSc1ncn[nH]1)(C(=O)OC)c1ccccc1. The lowest BCUT2D eigenvalue weighted by atomic mass is 9.92. The molecule has 7 heteroatoms. The maximum atomic E-state index is 12.3. The van der Waals surface area contributed by atoms with Gasteiger partial charge in [0.2, 0.25) is 0 Å². The molecule has 1 unspecified atom stereocenters. The predicted molar refractivity (Wildman–Crippen MR) is 76.3 cm³/mol. The largest absolute Gasteiger partial charge is 0.467 e. The number of nitrogens with one attached hydrogen (secondary N) is 2. The Labute approximate surface area is 121 Å². The molecule has 0 fully saturated rings. The standard InChI is InChI=1S/C13H16N4O2S/c1-14-13(11(18)19-2,10-6-4-3-5-7-10)8-20-12-15-9-16-17-12/h3-7,9,14H,8H2,1-2H3,(H,15,16,17). The number of H-pyrrole nitrogens is 1. The number of rotatable bonds is 6. The van der Waals surface area contributed by atoms with Crippen molar-refractivity contribution in [3.8, 4) is 0 Å². The first-order chi connectivity index (χ1) is 9.73. The van der Waals surface area contributed by atoms with Crippen LogP contribution >= 0.6 is 11.8 Å². The highest BCUT2D eigenvalue weighted by atomic mass is 32.2. The van der Waals surface area contributed by atoms with E-state index in [9.17, 15) is 4.79 Å². The van der Waals surface area contributed by atoms with Gasteiger partial charge in [-0.05, 0) is 12.6 Å². The molecular formula is C13H16N4O2S. The third-order valence-electron chi connectivity index (χ3n) is 3.05. The zero-order chi connectivity index (χ0) is 14.4. The van der Waals surface area contributed by atoms with Crippen molar-refractivity contribution in [2.45, 2.75) is 10.7 Å². The Bertz CT molecular complexity index is 547. The fourth-order valence-corrected chi connectivity index (χ4v) is 2.94. The van der Waals surface area contributed by atoms with E-state index in [2.05, 4.69) is 20.5 Å². The lowest BCUT2D eigenvalue weighted by molar-refractivity contribution is -0.147. The molecule has 1 heterocycles. The molecule has 0 saturated carbocycles. The molecule has 0 aliphatic heterocycles. The van der Waals surface area contributed by atoms with Crippen LogP contribution in [0.25, 0.3) is 0 Å². The first-order valence-electron chi connectivity index (χ1n) is 6.04. The van der Waals surface area contributed by atoms with Crippen molar-refractivity contribution in [1.82, 2.24) is 20.5 Å². The van der Waals surface area contributed by atoms with E-state index in [0.29, 0.717) is 10.9 Å². The molecule has 0 spiro atoms. The monoisotopic (exact) mass is 292 g/mol. The molecule has 2 N–H and O–H groups in total. The van der Waals surface area contributed by atoms with Crippen molar-refractivity contribution >= 4 is 17.7 Å². The second-order valence-electron chi connectivity index (χ2n) is 4.09. The molecule has 0 aliphatic rings. The summed E-state index contributed by atoms with van der Waals surface area (Å²) < 4.78 is 4.97. The molecule has 2 rings (SSSR count). The van der Waals surface area contributed by atoms with Crippen LogP contribution in [0, 0.1) is 0 Å². The third kappa shape index (κ3) is 2.83. The van der Waals surface area contributed by atoms with Crippen LogP contribution < -0.4 is 5.32 Å². The summed E-state index contributed by atoms with van der Waals surface area (Å²) in [6.07, 6.45) is 1.43. The van der Waals surface area contributed by atoms with Crippen LogP contribution in [0.5, 0.6) is 0 Å². The number of methoxy groups -OCH3 is 1. The van der Waals surface area contributed by atoms with Crippen molar-refractivity contribution in [3.05, 3.63) is 42.2 Å². The Morgan fingerprint density at radius 2 is 2.20 bits per heavy atom. The number of aromatic amines is 1. The molecule has 2 aromatic rings. The maximum absolute atomic E-state index is 12.3. The number of benzene rings is 1. The van der Waals surface area contributed by atoms with Gasteiger partial charge < -0.3 is 10.1 Å².